The van der Waals surface area contributed by atoms with E-state index < -0.39 is 5.97 Å². The first-order chi connectivity index (χ1) is 5.68. The molecule has 1 aromatic carbocycles. The maximum absolute atomic E-state index is 12.3. The summed E-state index contributed by atoms with van der Waals surface area (Å²) in [6.45, 7) is 0. The maximum Gasteiger partial charge on any atom is 0.123 e. The summed E-state index contributed by atoms with van der Waals surface area (Å²) in [5.41, 5.74) is 0.626. The van der Waals surface area contributed by atoms with Gasteiger partial charge in [-0.05, 0) is 23.8 Å². The minimum Gasteiger partial charge on any atom is -0.545 e. The minimum atomic E-state index is -1.26. The standard InChI is InChI=1S/C9H7FO2/c10-8-4-1-7(2-5-8)3-6-9(11)12/h1-6H,(H,11,12)/p-1/b6-3-. The molecule has 0 aliphatic heterocycles. The molecule has 0 aliphatic rings. The zero-order chi connectivity index (χ0) is 8.97. The lowest BCUT2D eigenvalue weighted by Crippen LogP contribution is -2.18. The van der Waals surface area contributed by atoms with Crippen molar-refractivity contribution in [3.05, 3.63) is 41.7 Å². The van der Waals surface area contributed by atoms with Gasteiger partial charge in [-0.3, -0.25) is 0 Å². The van der Waals surface area contributed by atoms with Crippen molar-refractivity contribution in [2.75, 3.05) is 0 Å². The van der Waals surface area contributed by atoms with Crippen LogP contribution in [0.5, 0.6) is 0 Å². The molecule has 0 aromatic heterocycles. The van der Waals surface area contributed by atoms with Gasteiger partial charge in [-0.15, -0.1) is 0 Å². The number of benzene rings is 1. The number of carboxylic acid groups (broad SMARTS) is 1. The third-order valence-corrected chi connectivity index (χ3v) is 1.28. The molecule has 0 spiro atoms. The predicted octanol–water partition coefficient (Wildman–Crippen LogP) is 0.589. The van der Waals surface area contributed by atoms with Crippen LogP contribution in [0.1, 0.15) is 5.56 Å². The zero-order valence-corrected chi connectivity index (χ0v) is 6.16. The molecule has 0 fully saturated rings. The van der Waals surface area contributed by atoms with Gasteiger partial charge in [-0.25, -0.2) is 4.39 Å². The average molecular weight is 165 g/mol. The monoisotopic (exact) mass is 165 g/mol. The van der Waals surface area contributed by atoms with Crippen molar-refractivity contribution in [3.63, 3.8) is 0 Å². The summed E-state index contributed by atoms with van der Waals surface area (Å²) in [6.07, 6.45) is 2.24. The third-order valence-electron chi connectivity index (χ3n) is 1.28. The van der Waals surface area contributed by atoms with E-state index in [1.165, 1.54) is 30.3 Å². The maximum atomic E-state index is 12.3. The summed E-state index contributed by atoms with van der Waals surface area (Å²) in [7, 11) is 0. The highest BCUT2D eigenvalue weighted by Gasteiger charge is 1.87. The Balaban J connectivity index is 2.77. The molecule has 1 aromatic rings. The van der Waals surface area contributed by atoms with Crippen LogP contribution in [-0.2, 0) is 4.79 Å². The quantitative estimate of drug-likeness (QED) is 0.601. The van der Waals surface area contributed by atoms with Crippen molar-refractivity contribution in [2.24, 2.45) is 0 Å². The number of aliphatic carboxylic acids is 1. The fourth-order valence-electron chi connectivity index (χ4n) is 0.738. The fraction of sp³-hybridized carbons (Fsp3) is 0. The van der Waals surface area contributed by atoms with Gasteiger partial charge in [0.2, 0.25) is 0 Å². The molecule has 1 rings (SSSR count). The molecule has 0 radical (unpaired) electrons. The van der Waals surface area contributed by atoms with E-state index in [1.807, 2.05) is 0 Å². The molecule has 0 unspecified atom stereocenters. The second-order valence-electron chi connectivity index (χ2n) is 2.20. The molecular weight excluding hydrogens is 159 g/mol. The molecule has 2 nitrogen and oxygen atoms in total. The lowest BCUT2D eigenvalue weighted by atomic mass is 10.2. The van der Waals surface area contributed by atoms with Gasteiger partial charge in [0.1, 0.15) is 5.82 Å². The highest BCUT2D eigenvalue weighted by Crippen LogP contribution is 2.03. The first-order valence-electron chi connectivity index (χ1n) is 3.33. The van der Waals surface area contributed by atoms with Gasteiger partial charge in [0.25, 0.3) is 0 Å². The van der Waals surface area contributed by atoms with Gasteiger partial charge in [-0.1, -0.05) is 18.2 Å². The van der Waals surface area contributed by atoms with E-state index in [4.69, 9.17) is 0 Å². The Morgan fingerprint density at radius 3 is 2.42 bits per heavy atom. The first kappa shape index (κ1) is 8.46. The van der Waals surface area contributed by atoms with Gasteiger partial charge >= 0.3 is 0 Å². The lowest BCUT2D eigenvalue weighted by molar-refractivity contribution is -0.297. The predicted molar refractivity (Wildman–Crippen MR) is 40.4 cm³/mol. The Bertz CT molecular complexity index is 301. The number of hydrogen-bond donors (Lipinski definition) is 0. The lowest BCUT2D eigenvalue weighted by Gasteiger charge is -1.93. The second kappa shape index (κ2) is 3.67. The molecule has 0 atom stereocenters. The topological polar surface area (TPSA) is 40.1 Å². The van der Waals surface area contributed by atoms with Crippen molar-refractivity contribution >= 4 is 12.0 Å². The van der Waals surface area contributed by atoms with Crippen molar-refractivity contribution < 1.29 is 14.3 Å². The first-order valence-corrected chi connectivity index (χ1v) is 3.33. The van der Waals surface area contributed by atoms with E-state index in [0.29, 0.717) is 5.56 Å². The Kier molecular flexibility index (Phi) is 2.58. The Hall–Kier alpha value is -1.64. The van der Waals surface area contributed by atoms with E-state index in [9.17, 15) is 14.3 Å². The van der Waals surface area contributed by atoms with Gasteiger partial charge in [0, 0.05) is 0 Å². The molecular formula is C9H6FO2-. The van der Waals surface area contributed by atoms with E-state index in [1.54, 1.807) is 0 Å². The molecule has 0 aliphatic carbocycles. The number of carboxylic acids is 1. The summed E-state index contributed by atoms with van der Waals surface area (Å²) in [6, 6.07) is 5.48. The second-order valence-corrected chi connectivity index (χ2v) is 2.20. The Morgan fingerprint density at radius 1 is 1.33 bits per heavy atom. The molecule has 3 heteroatoms. The summed E-state index contributed by atoms with van der Waals surface area (Å²) in [4.78, 5) is 9.97. The number of hydrogen-bond acceptors (Lipinski definition) is 2. The zero-order valence-electron chi connectivity index (χ0n) is 6.16. The molecule has 0 saturated carbocycles. The van der Waals surface area contributed by atoms with Gasteiger partial charge in [0.15, 0.2) is 0 Å². The van der Waals surface area contributed by atoms with Gasteiger partial charge in [-0.2, -0.15) is 0 Å². The van der Waals surface area contributed by atoms with Crippen molar-refractivity contribution in [3.8, 4) is 0 Å². The molecule has 62 valence electrons. The van der Waals surface area contributed by atoms with Crippen molar-refractivity contribution in [1.29, 1.82) is 0 Å². The average Bonchev–Trinajstić information content (AvgIpc) is 2.03. The van der Waals surface area contributed by atoms with E-state index >= 15 is 0 Å². The minimum absolute atomic E-state index is 0.347. The van der Waals surface area contributed by atoms with Gasteiger partial charge < -0.3 is 9.90 Å². The van der Waals surface area contributed by atoms with Crippen LogP contribution in [0.25, 0.3) is 6.08 Å². The summed E-state index contributed by atoms with van der Waals surface area (Å²) < 4.78 is 12.3. The van der Waals surface area contributed by atoms with Crippen LogP contribution in [0.3, 0.4) is 0 Å². The van der Waals surface area contributed by atoms with Crippen molar-refractivity contribution in [2.45, 2.75) is 0 Å². The number of carbonyl (C=O) groups excluding carboxylic acids is 1. The van der Waals surface area contributed by atoms with Crippen LogP contribution >= 0.6 is 0 Å². The fourth-order valence-corrected chi connectivity index (χ4v) is 0.738. The van der Waals surface area contributed by atoms with Crippen LogP contribution in [0.2, 0.25) is 0 Å². The van der Waals surface area contributed by atoms with Crippen LogP contribution in [0, 0.1) is 5.82 Å². The molecule has 0 bridgehead atoms. The molecule has 0 heterocycles. The van der Waals surface area contributed by atoms with Crippen LogP contribution in [0.15, 0.2) is 30.3 Å². The van der Waals surface area contributed by atoms with Crippen LogP contribution in [-0.4, -0.2) is 5.97 Å². The van der Waals surface area contributed by atoms with Crippen LogP contribution in [0.4, 0.5) is 4.39 Å². The van der Waals surface area contributed by atoms with Gasteiger partial charge in [0.05, 0.1) is 5.97 Å². The highest BCUT2D eigenvalue weighted by atomic mass is 19.1. The Labute approximate surface area is 69.0 Å². The summed E-state index contributed by atoms with van der Waals surface area (Å²) >= 11 is 0. The van der Waals surface area contributed by atoms with E-state index in [2.05, 4.69) is 0 Å². The van der Waals surface area contributed by atoms with E-state index in [-0.39, 0.29) is 5.82 Å². The third kappa shape index (κ3) is 2.54. The molecule has 0 amide bonds. The Morgan fingerprint density at radius 2 is 1.92 bits per heavy atom. The normalized spacial score (nSPS) is 10.4. The number of rotatable bonds is 2. The summed E-state index contributed by atoms with van der Waals surface area (Å²) in [5, 5.41) is 9.97. The SMILES string of the molecule is O=C([O-])/C=C\c1ccc(F)cc1. The molecule has 0 N–H and O–H groups in total. The smallest absolute Gasteiger partial charge is 0.123 e. The van der Waals surface area contributed by atoms with Crippen LogP contribution < -0.4 is 5.11 Å². The molecule has 0 saturated heterocycles. The molecule has 12 heavy (non-hydrogen) atoms. The summed E-state index contributed by atoms with van der Waals surface area (Å²) in [5.74, 6) is -1.61. The van der Waals surface area contributed by atoms with E-state index in [0.717, 1.165) is 6.08 Å². The largest absolute Gasteiger partial charge is 0.545 e. The highest BCUT2D eigenvalue weighted by molar-refractivity contribution is 5.83. The number of carbonyl (C=O) groups is 1. The number of halogens is 1. The van der Waals surface area contributed by atoms with Crippen molar-refractivity contribution in [1.82, 2.24) is 0 Å².